The monoisotopic (exact) mass is 222 g/mol. The second-order valence-electron chi connectivity index (χ2n) is 3.28. The second kappa shape index (κ2) is 4.33. The summed E-state index contributed by atoms with van der Waals surface area (Å²) >= 11 is 0. The van der Waals surface area contributed by atoms with Gasteiger partial charge < -0.3 is 0 Å². The molecule has 0 aliphatic carbocycles. The average molecular weight is 222 g/mol. The first-order valence-corrected chi connectivity index (χ1v) is 4.64. The Kier molecular flexibility index (Phi) is 2.88. The van der Waals surface area contributed by atoms with Crippen molar-refractivity contribution in [3.63, 3.8) is 0 Å². The van der Waals surface area contributed by atoms with E-state index in [2.05, 4.69) is 20.7 Å². The van der Waals surface area contributed by atoms with Crippen LogP contribution in [0.2, 0.25) is 0 Å². The van der Waals surface area contributed by atoms with E-state index < -0.39 is 0 Å². The first kappa shape index (κ1) is 10.7. The number of nitrogens with one attached hydrogen (secondary N) is 1. The summed E-state index contributed by atoms with van der Waals surface area (Å²) in [6.07, 6.45) is 2.72. The predicted molar refractivity (Wildman–Crippen MR) is 54.4 cm³/mol. The SMILES string of the molecule is Cn1nncc1C(NN)c1ccc(F)cn1. The topological polar surface area (TPSA) is 81.7 Å². The summed E-state index contributed by atoms with van der Waals surface area (Å²) in [5.74, 6) is 5.06. The molecule has 0 aromatic carbocycles. The van der Waals surface area contributed by atoms with E-state index in [1.165, 1.54) is 6.07 Å². The van der Waals surface area contributed by atoms with Gasteiger partial charge in [0.05, 0.1) is 23.8 Å². The summed E-state index contributed by atoms with van der Waals surface area (Å²) in [4.78, 5) is 3.96. The molecule has 7 heteroatoms. The van der Waals surface area contributed by atoms with Gasteiger partial charge in [0, 0.05) is 7.05 Å². The van der Waals surface area contributed by atoms with Crippen molar-refractivity contribution in [1.82, 2.24) is 25.4 Å². The molecular formula is C9H11FN6. The van der Waals surface area contributed by atoms with Gasteiger partial charge in [-0.1, -0.05) is 5.21 Å². The zero-order valence-electron chi connectivity index (χ0n) is 8.63. The fourth-order valence-corrected chi connectivity index (χ4v) is 1.44. The van der Waals surface area contributed by atoms with Gasteiger partial charge in [-0.15, -0.1) is 5.10 Å². The Bertz CT molecular complexity index is 465. The lowest BCUT2D eigenvalue weighted by molar-refractivity contribution is 0.554. The van der Waals surface area contributed by atoms with Crippen molar-refractivity contribution < 1.29 is 4.39 Å². The Morgan fingerprint density at radius 3 is 2.75 bits per heavy atom. The molecule has 0 aliphatic rings. The van der Waals surface area contributed by atoms with E-state index in [1.54, 1.807) is 24.0 Å². The number of halogens is 1. The van der Waals surface area contributed by atoms with E-state index in [-0.39, 0.29) is 11.9 Å². The van der Waals surface area contributed by atoms with Crippen LogP contribution in [0.1, 0.15) is 17.4 Å². The summed E-state index contributed by atoms with van der Waals surface area (Å²) in [5.41, 5.74) is 3.95. The molecule has 1 unspecified atom stereocenters. The lowest BCUT2D eigenvalue weighted by Gasteiger charge is -2.14. The Hall–Kier alpha value is -1.86. The van der Waals surface area contributed by atoms with Crippen molar-refractivity contribution in [1.29, 1.82) is 0 Å². The molecule has 0 fully saturated rings. The highest BCUT2D eigenvalue weighted by Crippen LogP contribution is 2.17. The zero-order chi connectivity index (χ0) is 11.5. The predicted octanol–water partition coefficient (Wildman–Crippen LogP) is -0.0981. The van der Waals surface area contributed by atoms with Crippen molar-refractivity contribution >= 4 is 0 Å². The van der Waals surface area contributed by atoms with Gasteiger partial charge in [-0.05, 0) is 12.1 Å². The largest absolute Gasteiger partial charge is 0.270 e. The Morgan fingerprint density at radius 2 is 2.25 bits per heavy atom. The first-order chi connectivity index (χ1) is 7.72. The molecule has 16 heavy (non-hydrogen) atoms. The number of hydrazine groups is 1. The van der Waals surface area contributed by atoms with Crippen molar-refractivity contribution in [2.75, 3.05) is 0 Å². The lowest BCUT2D eigenvalue weighted by Crippen LogP contribution is -2.31. The average Bonchev–Trinajstić information content (AvgIpc) is 2.69. The zero-order valence-corrected chi connectivity index (χ0v) is 8.63. The molecular weight excluding hydrogens is 211 g/mol. The number of hydrogen-bond donors (Lipinski definition) is 2. The molecule has 2 aromatic heterocycles. The molecule has 0 spiro atoms. The van der Waals surface area contributed by atoms with Crippen LogP contribution in [-0.4, -0.2) is 20.0 Å². The van der Waals surface area contributed by atoms with Crippen LogP contribution in [0.3, 0.4) is 0 Å². The summed E-state index contributed by atoms with van der Waals surface area (Å²) in [6, 6.07) is 2.53. The standard InChI is InChI=1S/C9H11FN6/c1-16-8(5-13-15-16)9(14-11)7-3-2-6(10)4-12-7/h2-5,9,14H,11H2,1H3. The van der Waals surface area contributed by atoms with Crippen LogP contribution in [0.4, 0.5) is 4.39 Å². The van der Waals surface area contributed by atoms with E-state index in [0.29, 0.717) is 5.69 Å². The lowest BCUT2D eigenvalue weighted by atomic mass is 10.1. The minimum absolute atomic E-state index is 0.361. The van der Waals surface area contributed by atoms with Crippen LogP contribution in [-0.2, 0) is 7.05 Å². The molecule has 6 nitrogen and oxygen atoms in total. The maximum absolute atomic E-state index is 12.7. The Balaban J connectivity index is 2.37. The molecule has 2 aromatic rings. The van der Waals surface area contributed by atoms with E-state index >= 15 is 0 Å². The second-order valence-corrected chi connectivity index (χ2v) is 3.28. The minimum atomic E-state index is -0.386. The maximum atomic E-state index is 12.7. The van der Waals surface area contributed by atoms with Crippen LogP contribution in [0.5, 0.6) is 0 Å². The number of rotatable bonds is 3. The molecule has 0 aliphatic heterocycles. The molecule has 1 atom stereocenters. The number of hydrogen-bond acceptors (Lipinski definition) is 5. The molecule has 3 N–H and O–H groups in total. The van der Waals surface area contributed by atoms with E-state index in [1.807, 2.05) is 0 Å². The summed E-state index contributed by atoms with van der Waals surface area (Å²) < 4.78 is 14.3. The van der Waals surface area contributed by atoms with Crippen LogP contribution < -0.4 is 11.3 Å². The van der Waals surface area contributed by atoms with Crippen molar-refractivity contribution in [2.24, 2.45) is 12.9 Å². The van der Waals surface area contributed by atoms with Gasteiger partial charge in [0.25, 0.3) is 0 Å². The van der Waals surface area contributed by atoms with Gasteiger partial charge in [-0.2, -0.15) is 0 Å². The number of aryl methyl sites for hydroxylation is 1. The normalized spacial score (nSPS) is 12.7. The van der Waals surface area contributed by atoms with E-state index in [4.69, 9.17) is 5.84 Å². The third-order valence-electron chi connectivity index (χ3n) is 2.26. The van der Waals surface area contributed by atoms with Gasteiger partial charge in [-0.25, -0.2) is 9.82 Å². The molecule has 0 radical (unpaired) electrons. The molecule has 0 saturated carbocycles. The number of aromatic nitrogens is 4. The highest BCUT2D eigenvalue weighted by molar-refractivity contribution is 5.19. The summed E-state index contributed by atoms with van der Waals surface area (Å²) in [7, 11) is 1.75. The minimum Gasteiger partial charge on any atom is -0.270 e. The molecule has 0 amide bonds. The van der Waals surface area contributed by atoms with E-state index in [0.717, 1.165) is 11.9 Å². The molecule has 0 bridgehead atoms. The molecule has 2 heterocycles. The van der Waals surface area contributed by atoms with Crippen LogP contribution in [0, 0.1) is 5.82 Å². The van der Waals surface area contributed by atoms with Crippen molar-refractivity contribution in [2.45, 2.75) is 6.04 Å². The van der Waals surface area contributed by atoms with Crippen LogP contribution >= 0.6 is 0 Å². The van der Waals surface area contributed by atoms with Gasteiger partial charge in [0.1, 0.15) is 11.9 Å². The molecule has 0 saturated heterocycles. The van der Waals surface area contributed by atoms with E-state index in [9.17, 15) is 4.39 Å². The van der Waals surface area contributed by atoms with Crippen molar-refractivity contribution in [3.8, 4) is 0 Å². The molecule has 2 rings (SSSR count). The number of nitrogens with two attached hydrogens (primary N) is 1. The van der Waals surface area contributed by atoms with Gasteiger partial charge in [-0.3, -0.25) is 15.5 Å². The van der Waals surface area contributed by atoms with Gasteiger partial charge in [0.2, 0.25) is 0 Å². The summed E-state index contributed by atoms with van der Waals surface area (Å²) in [5, 5.41) is 7.55. The van der Waals surface area contributed by atoms with Crippen molar-refractivity contribution in [3.05, 3.63) is 41.7 Å². The Morgan fingerprint density at radius 1 is 1.44 bits per heavy atom. The summed E-state index contributed by atoms with van der Waals surface area (Å²) in [6.45, 7) is 0. The van der Waals surface area contributed by atoms with Gasteiger partial charge in [0.15, 0.2) is 0 Å². The Labute approximate surface area is 91.3 Å². The van der Waals surface area contributed by atoms with Crippen LogP contribution in [0.25, 0.3) is 0 Å². The highest BCUT2D eigenvalue weighted by Gasteiger charge is 2.17. The third kappa shape index (κ3) is 1.90. The fourth-order valence-electron chi connectivity index (χ4n) is 1.44. The maximum Gasteiger partial charge on any atom is 0.141 e. The quantitative estimate of drug-likeness (QED) is 0.560. The van der Waals surface area contributed by atoms with Gasteiger partial charge >= 0.3 is 0 Å². The number of nitrogens with zero attached hydrogens (tertiary/aromatic N) is 4. The highest BCUT2D eigenvalue weighted by atomic mass is 19.1. The third-order valence-corrected chi connectivity index (χ3v) is 2.26. The molecule has 84 valence electrons. The number of pyridine rings is 1. The smallest absolute Gasteiger partial charge is 0.141 e. The first-order valence-electron chi connectivity index (χ1n) is 4.64. The fraction of sp³-hybridized carbons (Fsp3) is 0.222. The van der Waals surface area contributed by atoms with Crippen LogP contribution in [0.15, 0.2) is 24.5 Å².